The van der Waals surface area contributed by atoms with Gasteiger partial charge in [0.05, 0.1) is 0 Å². The molecule has 0 aromatic heterocycles. The summed E-state index contributed by atoms with van der Waals surface area (Å²) in [5.41, 5.74) is 0. The normalized spacial score (nSPS) is 13.6. The Kier molecular flexibility index (Phi) is 2.83. The van der Waals surface area contributed by atoms with E-state index in [0.717, 1.165) is 0 Å². The molecule has 0 aliphatic heterocycles. The van der Waals surface area contributed by atoms with Gasteiger partial charge in [0, 0.05) is 0 Å². The third-order valence-corrected chi connectivity index (χ3v) is 2.70. The fourth-order valence-corrected chi connectivity index (χ4v) is 1.35. The molecule has 0 bridgehead atoms. The van der Waals surface area contributed by atoms with Crippen LogP contribution < -0.4 is 4.89 Å². The molecule has 0 heterocycles. The fourth-order valence-electron chi connectivity index (χ4n) is 0.0868. The molecule has 0 spiro atoms. The Balaban J connectivity index is 3.74. The first-order valence-electron chi connectivity index (χ1n) is 1.31. The van der Waals surface area contributed by atoms with E-state index in [1.807, 2.05) is 0 Å². The average Bonchev–Trinajstić information content (AvgIpc) is 1.21. The van der Waals surface area contributed by atoms with Crippen LogP contribution in [-0.4, -0.2) is 22.7 Å². The van der Waals surface area contributed by atoms with Crippen LogP contribution in [0, 0.1) is 0 Å². The zero-order valence-corrected chi connectivity index (χ0v) is 6.19. The third kappa shape index (κ3) is 6.30. The van der Waals surface area contributed by atoms with Gasteiger partial charge in [-0.3, -0.25) is 0 Å². The van der Waals surface area contributed by atoms with E-state index in [4.69, 9.17) is 8.19 Å². The molecular weight excluding hydrogens is 202 g/mol. The first kappa shape index (κ1) is 8.30. The van der Waals surface area contributed by atoms with E-state index in [-0.39, 0.29) is 0 Å². The van der Waals surface area contributed by atoms with Gasteiger partial charge in [-0.2, -0.15) is 0 Å². The van der Waals surface area contributed by atoms with Gasteiger partial charge >= 0.3 is 47.7 Å². The van der Waals surface area contributed by atoms with Crippen LogP contribution in [0.1, 0.15) is 0 Å². The molecule has 8 heteroatoms. The van der Waals surface area contributed by atoms with Gasteiger partial charge in [-0.25, -0.2) is 0 Å². The van der Waals surface area contributed by atoms with Crippen molar-refractivity contribution in [1.82, 2.24) is 0 Å². The standard InChI is InChI=1S/AsH2O6P/c2-1(3,4)7-8(5)6/h(H2,2,3,4). The molecule has 0 saturated carbocycles. The molecule has 0 rings (SSSR count). The summed E-state index contributed by atoms with van der Waals surface area (Å²) in [7, 11) is -3.42. The van der Waals surface area contributed by atoms with Crippen molar-refractivity contribution in [2.75, 3.05) is 0 Å². The van der Waals surface area contributed by atoms with Crippen molar-refractivity contribution in [2.45, 2.75) is 0 Å². The average molecular weight is 204 g/mol. The second-order valence-corrected chi connectivity index (χ2v) is 4.49. The van der Waals surface area contributed by atoms with Crippen LogP contribution in [0.2, 0.25) is 0 Å². The third-order valence-electron chi connectivity index (χ3n) is 0.173. The fraction of sp³-hybridized carbons (Fsp3) is 0. The molecule has 2 N–H and O–H groups in total. The molecule has 0 saturated heterocycles. The van der Waals surface area contributed by atoms with Crippen LogP contribution in [0.25, 0.3) is 0 Å². The second kappa shape index (κ2) is 2.73. The van der Waals surface area contributed by atoms with E-state index < -0.39 is 22.8 Å². The van der Waals surface area contributed by atoms with Gasteiger partial charge in [-0.15, -0.1) is 0 Å². The minimum atomic E-state index is -5.36. The quantitative estimate of drug-likeness (QED) is 0.393. The Hall–Kier alpha value is 0.298. The molecule has 48 valence electrons. The predicted molar refractivity (Wildman–Crippen MR) is 19.6 cm³/mol. The van der Waals surface area contributed by atoms with Crippen LogP contribution in [0.3, 0.4) is 0 Å². The molecule has 0 aromatic rings. The van der Waals surface area contributed by atoms with Crippen LogP contribution in [0.15, 0.2) is 0 Å². The minimum absolute atomic E-state index is 3.12. The molecule has 1 unspecified atom stereocenters. The van der Waals surface area contributed by atoms with Crippen LogP contribution in [0.4, 0.5) is 0 Å². The summed E-state index contributed by atoms with van der Waals surface area (Å²) in [5, 5.41) is 0. The summed E-state index contributed by atoms with van der Waals surface area (Å²) in [6.45, 7) is 0. The Bertz CT molecular complexity index is 131. The van der Waals surface area contributed by atoms with Crippen molar-refractivity contribution in [2.24, 2.45) is 0 Å². The van der Waals surface area contributed by atoms with Gasteiger partial charge in [-0.05, 0) is 0 Å². The summed E-state index contributed by atoms with van der Waals surface area (Å²) in [6, 6.07) is 0. The predicted octanol–water partition coefficient (Wildman–Crippen LogP) is -2.13. The van der Waals surface area contributed by atoms with Gasteiger partial charge in [0.25, 0.3) is 0 Å². The molecule has 0 fully saturated rings. The summed E-state index contributed by atoms with van der Waals surface area (Å²) >= 11 is -5.36. The number of hydrogen-bond donors (Lipinski definition) is 2. The monoisotopic (exact) mass is 204 g/mol. The van der Waals surface area contributed by atoms with Crippen molar-refractivity contribution in [3.05, 3.63) is 0 Å². The van der Waals surface area contributed by atoms with Gasteiger partial charge in [-0.1, -0.05) is 0 Å². The van der Waals surface area contributed by atoms with E-state index >= 15 is 0 Å². The molecular formula is H2AsO6P. The maximum atomic E-state index is 9.59. The molecule has 0 aliphatic rings. The Morgan fingerprint density at radius 3 is 2.00 bits per heavy atom. The van der Waals surface area contributed by atoms with Crippen molar-refractivity contribution in [3.63, 3.8) is 0 Å². The van der Waals surface area contributed by atoms with Crippen molar-refractivity contribution in [3.8, 4) is 0 Å². The van der Waals surface area contributed by atoms with E-state index in [9.17, 15) is 13.2 Å². The second-order valence-electron chi connectivity index (χ2n) is 0.796. The topological polar surface area (TPSA) is 107 Å². The molecule has 0 amide bonds. The molecule has 0 aromatic carbocycles. The van der Waals surface area contributed by atoms with E-state index in [1.54, 1.807) is 0 Å². The van der Waals surface area contributed by atoms with Gasteiger partial charge in [0.2, 0.25) is 0 Å². The van der Waals surface area contributed by atoms with Crippen LogP contribution in [0.5, 0.6) is 0 Å². The Labute approximate surface area is 48.4 Å². The molecule has 8 heavy (non-hydrogen) atoms. The zero-order chi connectivity index (χ0) is 6.78. The van der Waals surface area contributed by atoms with Gasteiger partial charge in [0.1, 0.15) is 0 Å². The SMILES string of the molecule is O=[P+]([O-])O[As](=O)(O)O. The van der Waals surface area contributed by atoms with E-state index in [1.165, 1.54) is 0 Å². The maximum absolute atomic E-state index is 9.59. The van der Waals surface area contributed by atoms with Gasteiger partial charge < -0.3 is 0 Å². The molecule has 1 atom stereocenters. The molecule has 6 nitrogen and oxygen atoms in total. The number of rotatable bonds is 2. The van der Waals surface area contributed by atoms with Crippen molar-refractivity contribution >= 4 is 22.8 Å². The van der Waals surface area contributed by atoms with Crippen molar-refractivity contribution in [1.29, 1.82) is 0 Å². The van der Waals surface area contributed by atoms with E-state index in [0.29, 0.717) is 0 Å². The molecule has 0 radical (unpaired) electrons. The first-order chi connectivity index (χ1) is 3.42. The summed E-state index contributed by atoms with van der Waals surface area (Å²) < 4.78 is 37.6. The Morgan fingerprint density at radius 1 is 1.62 bits per heavy atom. The van der Waals surface area contributed by atoms with Crippen molar-refractivity contribution < 1.29 is 24.9 Å². The summed E-state index contributed by atoms with van der Waals surface area (Å²) in [6.07, 6.45) is 0. The Morgan fingerprint density at radius 2 is 2.00 bits per heavy atom. The summed E-state index contributed by atoms with van der Waals surface area (Å²) in [4.78, 5) is 9.35. The zero-order valence-electron chi connectivity index (χ0n) is 3.42. The number of hydrogen-bond acceptors (Lipinski definition) is 4. The van der Waals surface area contributed by atoms with Crippen LogP contribution >= 0.6 is 8.25 Å². The van der Waals surface area contributed by atoms with E-state index in [2.05, 4.69) is 3.51 Å². The van der Waals surface area contributed by atoms with Gasteiger partial charge in [0.15, 0.2) is 0 Å². The van der Waals surface area contributed by atoms with Crippen LogP contribution in [-0.2, 0) is 11.8 Å². The molecule has 0 aliphatic carbocycles. The first-order valence-corrected chi connectivity index (χ1v) is 5.62. The summed E-state index contributed by atoms with van der Waals surface area (Å²) in [5.74, 6) is 0.